The van der Waals surface area contributed by atoms with E-state index in [-0.39, 0.29) is 11.5 Å². The summed E-state index contributed by atoms with van der Waals surface area (Å²) in [5, 5.41) is 1.11. The van der Waals surface area contributed by atoms with Crippen LogP contribution < -0.4 is 5.30 Å². The van der Waals surface area contributed by atoms with Gasteiger partial charge in [-0.2, -0.15) is 0 Å². The molecule has 3 unspecified atom stereocenters. The van der Waals surface area contributed by atoms with E-state index in [2.05, 4.69) is 12.6 Å². The predicted octanol–water partition coefficient (Wildman–Crippen LogP) is 4.37. The molecule has 2 rings (SSSR count). The van der Waals surface area contributed by atoms with Gasteiger partial charge >= 0.3 is 0 Å². The molecule has 2 nitrogen and oxygen atoms in total. The van der Waals surface area contributed by atoms with Crippen LogP contribution in [0.1, 0.15) is 34.6 Å². The molecular weight excluding hydrogens is 251 g/mol. The Labute approximate surface area is 112 Å². The zero-order chi connectivity index (χ0) is 13.3. The molecule has 17 heavy (non-hydrogen) atoms. The third kappa shape index (κ3) is 5.39. The standard InChI is InChI=1S/C9H11O2PS.2C2H6/c1-7-9(13)11-12(10-7)8-5-3-2-4-6-8;2*1-2/h2-7,9,13H,1H3;2*1-2H3. The Morgan fingerprint density at radius 2 is 1.53 bits per heavy atom. The van der Waals surface area contributed by atoms with Crippen LogP contribution in [0, 0.1) is 0 Å². The summed E-state index contributed by atoms with van der Waals surface area (Å²) in [6.07, 6.45) is 0.0784. The molecule has 1 aromatic carbocycles. The van der Waals surface area contributed by atoms with Gasteiger partial charge in [-0.05, 0) is 19.1 Å². The van der Waals surface area contributed by atoms with Gasteiger partial charge in [-0.15, -0.1) is 12.6 Å². The SMILES string of the molecule is CC.CC.CC1OP(c2ccccc2)OC1S. The lowest BCUT2D eigenvalue weighted by Gasteiger charge is -2.07. The second kappa shape index (κ2) is 9.90. The van der Waals surface area contributed by atoms with Gasteiger partial charge in [-0.3, -0.25) is 0 Å². The van der Waals surface area contributed by atoms with Crippen LogP contribution in [0.2, 0.25) is 0 Å². The van der Waals surface area contributed by atoms with Gasteiger partial charge in [0.15, 0.2) is 0 Å². The lowest BCUT2D eigenvalue weighted by molar-refractivity contribution is 0.241. The van der Waals surface area contributed by atoms with Gasteiger partial charge in [0.05, 0.1) is 6.10 Å². The van der Waals surface area contributed by atoms with Gasteiger partial charge in [0.1, 0.15) is 5.44 Å². The van der Waals surface area contributed by atoms with Crippen molar-refractivity contribution in [3.05, 3.63) is 30.3 Å². The smallest absolute Gasteiger partial charge is 0.206 e. The molecule has 98 valence electrons. The van der Waals surface area contributed by atoms with E-state index in [1.807, 2.05) is 65.0 Å². The molecule has 0 N–H and O–H groups in total. The van der Waals surface area contributed by atoms with Gasteiger partial charge in [0, 0.05) is 5.30 Å². The number of benzene rings is 1. The van der Waals surface area contributed by atoms with Gasteiger partial charge in [0.2, 0.25) is 8.38 Å². The lowest BCUT2D eigenvalue weighted by atomic mass is 10.4. The summed E-state index contributed by atoms with van der Waals surface area (Å²) in [7, 11) is -0.895. The van der Waals surface area contributed by atoms with E-state index in [1.165, 1.54) is 0 Å². The average molecular weight is 274 g/mol. The van der Waals surface area contributed by atoms with Crippen LogP contribution >= 0.6 is 21.0 Å². The Balaban J connectivity index is 0.000000581. The fourth-order valence-corrected chi connectivity index (χ4v) is 2.99. The maximum atomic E-state index is 5.63. The highest BCUT2D eigenvalue weighted by atomic mass is 32.1. The molecule has 1 aliphatic heterocycles. The van der Waals surface area contributed by atoms with Crippen LogP contribution in [0.5, 0.6) is 0 Å². The molecule has 1 fully saturated rings. The Morgan fingerprint density at radius 3 is 1.94 bits per heavy atom. The second-order valence-electron chi connectivity index (χ2n) is 2.90. The minimum Gasteiger partial charge on any atom is -0.324 e. The van der Waals surface area contributed by atoms with E-state index in [0.717, 1.165) is 5.30 Å². The monoisotopic (exact) mass is 274 g/mol. The summed E-state index contributed by atoms with van der Waals surface area (Å²) in [5.74, 6) is 0. The first-order valence-corrected chi connectivity index (χ1v) is 7.83. The summed E-state index contributed by atoms with van der Waals surface area (Å²) in [4.78, 5) is 0. The minimum atomic E-state index is -0.895. The van der Waals surface area contributed by atoms with Gasteiger partial charge < -0.3 is 9.05 Å². The van der Waals surface area contributed by atoms with Crippen LogP contribution in [0.3, 0.4) is 0 Å². The molecule has 0 bridgehead atoms. The largest absolute Gasteiger partial charge is 0.324 e. The van der Waals surface area contributed by atoms with Gasteiger partial charge in [-0.1, -0.05) is 45.9 Å². The Kier molecular flexibility index (Phi) is 9.85. The molecule has 1 aromatic rings. The second-order valence-corrected chi connectivity index (χ2v) is 4.86. The quantitative estimate of drug-likeness (QED) is 0.605. The third-order valence-corrected chi connectivity index (χ3v) is 4.19. The zero-order valence-electron chi connectivity index (χ0n) is 11.3. The highest BCUT2D eigenvalue weighted by molar-refractivity contribution is 7.81. The van der Waals surface area contributed by atoms with Crippen molar-refractivity contribution in [3.63, 3.8) is 0 Å². The molecule has 1 aliphatic rings. The average Bonchev–Trinajstić information content (AvgIpc) is 2.76. The van der Waals surface area contributed by atoms with E-state index in [1.54, 1.807) is 0 Å². The first kappa shape index (κ1) is 16.9. The first-order chi connectivity index (χ1) is 8.27. The topological polar surface area (TPSA) is 18.5 Å². The van der Waals surface area contributed by atoms with Crippen molar-refractivity contribution in [3.8, 4) is 0 Å². The fourth-order valence-electron chi connectivity index (χ4n) is 1.08. The van der Waals surface area contributed by atoms with Crippen molar-refractivity contribution in [1.82, 2.24) is 0 Å². The summed E-state index contributed by atoms with van der Waals surface area (Å²) in [6.45, 7) is 9.98. The highest BCUT2D eigenvalue weighted by Gasteiger charge is 2.32. The Morgan fingerprint density at radius 1 is 1.00 bits per heavy atom. The van der Waals surface area contributed by atoms with Crippen LogP contribution in [0.15, 0.2) is 30.3 Å². The summed E-state index contributed by atoms with van der Waals surface area (Å²) in [6, 6.07) is 9.99. The van der Waals surface area contributed by atoms with Crippen molar-refractivity contribution in [2.24, 2.45) is 0 Å². The summed E-state index contributed by atoms with van der Waals surface area (Å²) >= 11 is 4.27. The minimum absolute atomic E-state index is 0.0784. The summed E-state index contributed by atoms with van der Waals surface area (Å²) < 4.78 is 11.2. The highest BCUT2D eigenvalue weighted by Crippen LogP contribution is 2.48. The third-order valence-electron chi connectivity index (χ3n) is 1.83. The number of thiol groups is 1. The molecule has 0 spiro atoms. The molecule has 0 aromatic heterocycles. The van der Waals surface area contributed by atoms with Crippen molar-refractivity contribution in [2.75, 3.05) is 0 Å². The molecule has 3 atom stereocenters. The maximum absolute atomic E-state index is 5.63. The lowest BCUT2D eigenvalue weighted by Crippen LogP contribution is -2.10. The van der Waals surface area contributed by atoms with E-state index in [0.29, 0.717) is 0 Å². The number of rotatable bonds is 1. The van der Waals surface area contributed by atoms with E-state index >= 15 is 0 Å². The van der Waals surface area contributed by atoms with Crippen LogP contribution in [0.25, 0.3) is 0 Å². The molecule has 0 saturated carbocycles. The molecule has 1 heterocycles. The van der Waals surface area contributed by atoms with Gasteiger partial charge in [0.25, 0.3) is 0 Å². The summed E-state index contributed by atoms with van der Waals surface area (Å²) in [5.41, 5.74) is -0.0914. The number of hydrogen-bond acceptors (Lipinski definition) is 3. The predicted molar refractivity (Wildman–Crippen MR) is 80.1 cm³/mol. The molecular formula is C13H23O2PS. The Hall–Kier alpha value is -0.0800. The van der Waals surface area contributed by atoms with Crippen LogP contribution in [-0.4, -0.2) is 11.5 Å². The van der Waals surface area contributed by atoms with Crippen molar-refractivity contribution in [1.29, 1.82) is 0 Å². The Bertz CT molecular complexity index is 272. The fraction of sp³-hybridized carbons (Fsp3) is 0.538. The molecule has 0 radical (unpaired) electrons. The maximum Gasteiger partial charge on any atom is 0.206 e. The normalized spacial score (nSPS) is 26.4. The zero-order valence-corrected chi connectivity index (χ0v) is 13.0. The molecule has 4 heteroatoms. The van der Waals surface area contributed by atoms with Crippen molar-refractivity contribution < 1.29 is 9.05 Å². The van der Waals surface area contributed by atoms with Gasteiger partial charge in [-0.25, -0.2) is 0 Å². The first-order valence-electron chi connectivity index (χ1n) is 6.14. The van der Waals surface area contributed by atoms with E-state index < -0.39 is 8.38 Å². The van der Waals surface area contributed by atoms with E-state index in [9.17, 15) is 0 Å². The van der Waals surface area contributed by atoms with Crippen LogP contribution in [-0.2, 0) is 9.05 Å². The molecule has 1 saturated heterocycles. The number of hydrogen-bond donors (Lipinski definition) is 1. The van der Waals surface area contributed by atoms with Crippen molar-refractivity contribution in [2.45, 2.75) is 46.2 Å². The van der Waals surface area contributed by atoms with Crippen LogP contribution in [0.4, 0.5) is 0 Å². The van der Waals surface area contributed by atoms with E-state index in [4.69, 9.17) is 9.05 Å². The molecule has 0 aliphatic carbocycles. The van der Waals surface area contributed by atoms with Crippen molar-refractivity contribution >= 4 is 26.3 Å². The molecule has 0 amide bonds.